The number of carbonyl (C=O) groups excluding carboxylic acids is 8. The van der Waals surface area contributed by atoms with Crippen LogP contribution in [0, 0.1) is 11.8 Å². The molecule has 2 aliphatic carbocycles. The maximum absolute atomic E-state index is 13.2. The second kappa shape index (κ2) is 51.1. The Morgan fingerprint density at radius 2 is 0.500 bits per heavy atom. The monoisotopic (exact) mass is 1650 g/mol. The van der Waals surface area contributed by atoms with E-state index in [0.717, 1.165) is 116 Å². The molecular formula is C98H100N4O12S4. The van der Waals surface area contributed by atoms with Crippen molar-refractivity contribution < 1.29 is 57.7 Å². The van der Waals surface area contributed by atoms with E-state index in [1.807, 2.05) is 182 Å². The Bertz CT molecular complexity index is 4930. The molecule has 0 saturated heterocycles. The first kappa shape index (κ1) is 90.8. The van der Waals surface area contributed by atoms with Crippen LogP contribution in [0.25, 0.3) is 0 Å². The van der Waals surface area contributed by atoms with Gasteiger partial charge in [-0.25, -0.2) is 19.2 Å². The van der Waals surface area contributed by atoms with Crippen LogP contribution in [-0.2, 0) is 28.9 Å². The molecule has 10 aromatic rings. The summed E-state index contributed by atoms with van der Waals surface area (Å²) in [4.78, 5) is 127. The van der Waals surface area contributed by atoms with E-state index in [1.54, 1.807) is 120 Å². The molecule has 0 bridgehead atoms. The molecule has 0 unspecified atom stereocenters. The number of nitrogens with zero attached hydrogens (tertiary/aromatic N) is 4. The van der Waals surface area contributed by atoms with Gasteiger partial charge in [0.05, 0.1) is 11.1 Å². The van der Waals surface area contributed by atoms with Crippen molar-refractivity contribution in [3.8, 4) is 0 Å². The average Bonchev–Trinajstić information content (AvgIpc) is 1.12. The number of oxime groups is 4. The summed E-state index contributed by atoms with van der Waals surface area (Å²) in [6, 6.07) is 87.6. The van der Waals surface area contributed by atoms with E-state index in [0.29, 0.717) is 88.0 Å². The van der Waals surface area contributed by atoms with Crippen molar-refractivity contribution in [2.45, 2.75) is 195 Å². The van der Waals surface area contributed by atoms with Gasteiger partial charge in [-0.2, -0.15) is 0 Å². The molecule has 2 fully saturated rings. The van der Waals surface area contributed by atoms with Crippen molar-refractivity contribution >= 4 is 117 Å². The molecular weight excluding hydrogens is 1550 g/mol. The van der Waals surface area contributed by atoms with Crippen LogP contribution in [0.1, 0.15) is 218 Å². The zero-order valence-corrected chi connectivity index (χ0v) is 70.4. The molecule has 0 aromatic heterocycles. The van der Waals surface area contributed by atoms with Crippen molar-refractivity contribution in [3.63, 3.8) is 0 Å². The third-order valence-electron chi connectivity index (χ3n) is 18.9. The third kappa shape index (κ3) is 32.4. The molecule has 16 nitrogen and oxygen atoms in total. The van der Waals surface area contributed by atoms with Gasteiger partial charge in [-0.3, -0.25) is 19.2 Å². The molecule has 20 heteroatoms. The van der Waals surface area contributed by atoms with Gasteiger partial charge in [-0.15, -0.1) is 0 Å². The van der Waals surface area contributed by atoms with E-state index >= 15 is 0 Å². The summed E-state index contributed by atoms with van der Waals surface area (Å²) >= 11 is 6.57. The first-order valence-electron chi connectivity index (χ1n) is 40.2. The van der Waals surface area contributed by atoms with Gasteiger partial charge in [0.2, 0.25) is 23.1 Å². The van der Waals surface area contributed by atoms with Gasteiger partial charge < -0.3 is 19.4 Å². The Morgan fingerprint density at radius 1 is 0.271 bits per heavy atom. The van der Waals surface area contributed by atoms with Gasteiger partial charge in [0.1, 0.15) is 22.8 Å². The quantitative estimate of drug-likeness (QED) is 0.0117. The molecule has 0 atom stereocenters. The highest BCUT2D eigenvalue weighted by Gasteiger charge is 2.26. The second-order valence-electron chi connectivity index (χ2n) is 28.2. The highest BCUT2D eigenvalue weighted by Crippen LogP contribution is 2.34. The molecule has 0 spiro atoms. The Balaban J connectivity index is 0.000000180. The molecule has 0 N–H and O–H groups in total. The summed E-state index contributed by atoms with van der Waals surface area (Å²) in [5.74, 6) is -2.07. The molecule has 2 aliphatic rings. The van der Waals surface area contributed by atoms with E-state index in [2.05, 4.69) is 58.7 Å². The largest absolute Gasteiger partial charge is 0.365 e. The second-order valence-corrected chi connectivity index (χ2v) is 32.8. The first-order chi connectivity index (χ1) is 57.6. The highest BCUT2D eigenvalue weighted by molar-refractivity contribution is 8.00. The molecule has 0 amide bonds. The van der Waals surface area contributed by atoms with Crippen LogP contribution >= 0.6 is 47.0 Å². The van der Waals surface area contributed by atoms with Crippen molar-refractivity contribution in [1.29, 1.82) is 0 Å². The van der Waals surface area contributed by atoms with Crippen molar-refractivity contribution in [2.75, 3.05) is 0 Å². The first-order valence-corrected chi connectivity index (χ1v) is 43.5. The standard InChI is InChI=1S/C27H25NO3S.C27H27NO3S.C22H23NO3S.C22H25NO3S/c29-26(21-15-17-24(18-16-21)32-23-13-5-2-6-14-23)25(19-20-9-7-8-10-20)28-31-27(30)22-11-3-1-4-12-22;1-2-3-4-11-16-25(28-31-27(30)22-12-7-5-8-13-22)26(29)21-17-19-24(20-18-21)32-23-14-9-6-10-15-23;1-16(24)26-23-21(15-17-7-5-6-8-17)22(25)18-11-13-20(14-12-18)27-19-9-3-2-4-10-19;1-3-4-5-9-12-21(23-26-17(2)24)22(25)18-13-15-20(16-14-18)27-19-10-7-6-8-11-19/h1-6,11-18,20H,7-10,19H2;5-10,12-15,17-20H,2-4,11,16H2,1H3;2-4,9-14,17H,5-8,15H2,1H3;6-8,10-11,13-16H,3-5,9,12H2,1-2H3/b2*28-25-;2*23-21-. The van der Waals surface area contributed by atoms with Gasteiger partial charge in [-0.05, 0) is 220 Å². The number of carbonyl (C=O) groups is 8. The molecule has 2 saturated carbocycles. The fraction of sp³-hybridized carbons (Fsp3) is 0.265. The number of benzene rings is 10. The minimum Gasteiger partial charge on any atom is -0.318 e. The van der Waals surface area contributed by atoms with E-state index < -0.39 is 23.9 Å². The van der Waals surface area contributed by atoms with Crippen LogP contribution < -0.4 is 0 Å². The van der Waals surface area contributed by atoms with E-state index in [1.165, 1.54) is 39.5 Å². The average molecular weight is 1650 g/mol. The number of rotatable bonds is 36. The zero-order chi connectivity index (χ0) is 83.3. The van der Waals surface area contributed by atoms with Gasteiger partial charge in [0.15, 0.2) is 0 Å². The van der Waals surface area contributed by atoms with Crippen LogP contribution in [0.15, 0.2) is 339 Å². The Hall–Kier alpha value is -11.2. The fourth-order valence-electron chi connectivity index (χ4n) is 12.7. The SMILES string of the molecule is CC(=O)O/N=C(/CC1CCCC1)C(=O)c1ccc(Sc2ccccc2)cc1.CCCCCC/C(=N/OC(=O)c1ccccc1)C(=O)c1ccc(Sc2ccccc2)cc1.CCCCCC/C(=N/OC(C)=O)C(=O)c1ccc(Sc2ccccc2)cc1.O=C(O/N=C(/CC1CCCC1)C(=O)c1ccc(Sc2ccccc2)cc1)c1ccccc1. The lowest BCUT2D eigenvalue weighted by Gasteiger charge is -2.11. The summed E-state index contributed by atoms with van der Waals surface area (Å²) < 4.78 is 0. The van der Waals surface area contributed by atoms with Gasteiger partial charge in [-0.1, -0.05) is 281 Å². The number of hydrogen-bond donors (Lipinski definition) is 0. The predicted molar refractivity (Wildman–Crippen MR) is 473 cm³/mol. The maximum Gasteiger partial charge on any atom is 0.365 e. The highest BCUT2D eigenvalue weighted by atomic mass is 32.2. The van der Waals surface area contributed by atoms with E-state index in [-0.39, 0.29) is 28.8 Å². The molecule has 608 valence electrons. The smallest absolute Gasteiger partial charge is 0.318 e. The number of hydrogen-bond acceptors (Lipinski definition) is 20. The predicted octanol–water partition coefficient (Wildman–Crippen LogP) is 25.4. The van der Waals surface area contributed by atoms with E-state index in [4.69, 9.17) is 19.4 Å². The lowest BCUT2D eigenvalue weighted by atomic mass is 9.96. The van der Waals surface area contributed by atoms with Crippen molar-refractivity contribution in [1.82, 2.24) is 0 Å². The van der Waals surface area contributed by atoms with Crippen molar-refractivity contribution in [3.05, 3.63) is 312 Å². The Morgan fingerprint density at radius 3 is 0.763 bits per heavy atom. The van der Waals surface area contributed by atoms with E-state index in [9.17, 15) is 38.4 Å². The van der Waals surface area contributed by atoms with Gasteiger partial charge in [0, 0.05) is 75.3 Å². The van der Waals surface area contributed by atoms with Crippen molar-refractivity contribution in [2.24, 2.45) is 32.5 Å². The number of ketones is 4. The molecule has 0 heterocycles. The zero-order valence-electron chi connectivity index (χ0n) is 67.2. The topological polar surface area (TPSA) is 223 Å². The fourth-order valence-corrected chi connectivity index (χ4v) is 16.1. The summed E-state index contributed by atoms with van der Waals surface area (Å²) in [6.45, 7) is 6.83. The van der Waals surface area contributed by atoms with Crippen LogP contribution in [0.2, 0.25) is 0 Å². The van der Waals surface area contributed by atoms with Crippen LogP contribution in [0.3, 0.4) is 0 Å². The molecule has 12 rings (SSSR count). The minimum atomic E-state index is -0.570. The Labute approximate surface area is 709 Å². The maximum atomic E-state index is 13.2. The van der Waals surface area contributed by atoms with Crippen LogP contribution in [0.5, 0.6) is 0 Å². The normalized spacial score (nSPS) is 12.9. The van der Waals surface area contributed by atoms with Crippen LogP contribution in [0.4, 0.5) is 0 Å². The summed E-state index contributed by atoms with van der Waals surface area (Å²) in [5, 5.41) is 15.7. The molecule has 0 aliphatic heterocycles. The van der Waals surface area contributed by atoms with Gasteiger partial charge in [0.25, 0.3) is 0 Å². The molecule has 10 aromatic carbocycles. The summed E-state index contributed by atoms with van der Waals surface area (Å²) in [7, 11) is 0. The third-order valence-corrected chi connectivity index (χ3v) is 23.0. The Kier molecular flexibility index (Phi) is 39.3. The molecule has 118 heavy (non-hydrogen) atoms. The van der Waals surface area contributed by atoms with Crippen LogP contribution in [-0.4, -0.2) is 69.9 Å². The number of unbranched alkanes of at least 4 members (excludes halogenated alkanes) is 6. The summed E-state index contributed by atoms with van der Waals surface area (Å²) in [5.41, 5.74) is 4.22. The lowest BCUT2D eigenvalue weighted by molar-refractivity contribution is -0.141. The van der Waals surface area contributed by atoms with Gasteiger partial charge >= 0.3 is 23.9 Å². The number of Topliss-reactive ketones (excluding diaryl/α,β-unsaturated/α-hetero) is 4. The summed E-state index contributed by atoms with van der Waals surface area (Å²) in [6.07, 6.45) is 19.2. The minimum absolute atomic E-state index is 0.167. The molecule has 0 radical (unpaired) electrons. The lowest BCUT2D eigenvalue weighted by Crippen LogP contribution is -2.19.